The smallest absolute Gasteiger partial charge is 0.415 e. The minimum absolute atomic E-state index is 0.000702. The number of nitrogens with two attached hydrogens (primary N) is 2. The molecule has 1 saturated carbocycles. The van der Waals surface area contributed by atoms with Crippen LogP contribution in [-0.2, 0) is 4.74 Å². The van der Waals surface area contributed by atoms with Crippen LogP contribution in [0, 0.1) is 5.82 Å². The number of carbonyl (C=O) groups excluding carboxylic acids is 2. The van der Waals surface area contributed by atoms with Gasteiger partial charge in [0.2, 0.25) is 0 Å². The van der Waals surface area contributed by atoms with Crippen LogP contribution in [0.2, 0.25) is 0 Å². The van der Waals surface area contributed by atoms with E-state index in [0.717, 1.165) is 31.7 Å². The highest BCUT2D eigenvalue weighted by molar-refractivity contribution is 5.98. The Bertz CT molecular complexity index is 985. The van der Waals surface area contributed by atoms with Crippen LogP contribution in [0.15, 0.2) is 24.4 Å². The van der Waals surface area contributed by atoms with Crippen molar-refractivity contribution in [1.29, 1.82) is 0 Å². The number of nitrogens with zero attached hydrogens (tertiary/aromatic N) is 3. The van der Waals surface area contributed by atoms with Crippen LogP contribution in [0.25, 0.3) is 0 Å². The monoisotopic (exact) mass is 429 g/mol. The van der Waals surface area contributed by atoms with Crippen LogP contribution in [0.1, 0.15) is 36.0 Å². The molecule has 2 fully saturated rings. The molecule has 3 heterocycles. The lowest BCUT2D eigenvalue weighted by molar-refractivity contribution is 0.100. The van der Waals surface area contributed by atoms with Crippen molar-refractivity contribution in [2.75, 3.05) is 28.7 Å². The summed E-state index contributed by atoms with van der Waals surface area (Å²) >= 11 is 0. The number of halogens is 1. The molecule has 164 valence electrons. The second-order valence-corrected chi connectivity index (χ2v) is 7.57. The number of hydrogen-bond acceptors (Lipinski definition) is 8. The Morgan fingerprint density at radius 3 is 2.71 bits per heavy atom. The molecule has 0 bridgehead atoms. The van der Waals surface area contributed by atoms with Crippen LogP contribution in [0.3, 0.4) is 0 Å². The summed E-state index contributed by atoms with van der Waals surface area (Å²) in [4.78, 5) is 33.4. The van der Waals surface area contributed by atoms with E-state index in [1.807, 2.05) is 0 Å². The molecule has 10 nitrogen and oxygen atoms in total. The van der Waals surface area contributed by atoms with Gasteiger partial charge >= 0.3 is 6.09 Å². The molecule has 4 rings (SSSR count). The Balaban J connectivity index is 1.57. The summed E-state index contributed by atoms with van der Waals surface area (Å²) in [6, 6.07) is 4.13. The van der Waals surface area contributed by atoms with Gasteiger partial charge in [-0.3, -0.25) is 9.69 Å². The van der Waals surface area contributed by atoms with Crippen molar-refractivity contribution in [3.05, 3.63) is 35.8 Å². The molecule has 31 heavy (non-hydrogen) atoms. The fraction of sp³-hybridized carbons (Fsp3) is 0.400. The molecule has 1 aliphatic heterocycles. The number of ether oxygens (including phenoxy) is 1. The highest BCUT2D eigenvalue weighted by Crippen LogP contribution is 2.27. The maximum Gasteiger partial charge on any atom is 0.415 e. The largest absolute Gasteiger partial charge is 0.447 e. The molecule has 2 aromatic rings. The van der Waals surface area contributed by atoms with Gasteiger partial charge in [-0.15, -0.1) is 0 Å². The molecule has 2 amide bonds. The summed E-state index contributed by atoms with van der Waals surface area (Å²) in [5, 5.41) is 6.02. The summed E-state index contributed by atoms with van der Waals surface area (Å²) in [6.07, 6.45) is 4.72. The SMILES string of the molecule is NC(=O)c1cc(F)c(N[C@@H]2CCCC[C@@H]2N)nc1Nc1ccc(N2CCOC2=O)nc1. The van der Waals surface area contributed by atoms with Crippen molar-refractivity contribution in [1.82, 2.24) is 9.97 Å². The van der Waals surface area contributed by atoms with Crippen molar-refractivity contribution in [3.63, 3.8) is 0 Å². The van der Waals surface area contributed by atoms with E-state index in [9.17, 15) is 14.0 Å². The zero-order valence-electron chi connectivity index (χ0n) is 16.8. The number of nitrogens with one attached hydrogen (secondary N) is 2. The number of hydrogen-bond donors (Lipinski definition) is 4. The van der Waals surface area contributed by atoms with Gasteiger partial charge < -0.3 is 26.8 Å². The topological polar surface area (TPSA) is 148 Å². The third kappa shape index (κ3) is 4.50. The van der Waals surface area contributed by atoms with E-state index >= 15 is 0 Å². The van der Waals surface area contributed by atoms with Crippen LogP contribution < -0.4 is 27.0 Å². The van der Waals surface area contributed by atoms with Gasteiger partial charge in [0.05, 0.1) is 24.0 Å². The Kier molecular flexibility index (Phi) is 5.85. The minimum atomic E-state index is -0.820. The highest BCUT2D eigenvalue weighted by atomic mass is 19.1. The molecular formula is C20H24FN7O3. The van der Waals surface area contributed by atoms with Gasteiger partial charge in [-0.2, -0.15) is 0 Å². The number of carbonyl (C=O) groups is 2. The fourth-order valence-electron chi connectivity index (χ4n) is 3.75. The molecule has 2 aromatic heterocycles. The molecule has 11 heteroatoms. The standard InChI is InChI=1S/C20H24FN7O3/c21-13-9-12(17(23)29)18(27-19(13)26-15-4-2-1-3-14(15)22)25-11-5-6-16(24-10-11)28-7-8-31-20(28)30/h5-6,9-10,14-15H,1-4,7-8,22H2,(H2,23,29)(H2,25,26,27)/t14-,15+/m0/s1. The number of cyclic esters (lactones) is 1. The fourth-order valence-corrected chi connectivity index (χ4v) is 3.75. The van der Waals surface area contributed by atoms with E-state index in [1.54, 1.807) is 12.1 Å². The normalized spacial score (nSPS) is 21.0. The first-order valence-corrected chi connectivity index (χ1v) is 10.1. The zero-order valence-corrected chi connectivity index (χ0v) is 16.8. The molecule has 0 aromatic carbocycles. The Morgan fingerprint density at radius 1 is 1.26 bits per heavy atom. The molecule has 2 aliphatic rings. The van der Waals surface area contributed by atoms with E-state index in [4.69, 9.17) is 16.2 Å². The Labute approximate surface area is 178 Å². The van der Waals surface area contributed by atoms with E-state index in [0.29, 0.717) is 24.7 Å². The number of amides is 2. The Hall–Kier alpha value is -3.47. The van der Waals surface area contributed by atoms with Gasteiger partial charge in [0.25, 0.3) is 5.91 Å². The molecule has 0 spiro atoms. The first-order chi connectivity index (χ1) is 14.9. The van der Waals surface area contributed by atoms with Crippen molar-refractivity contribution in [2.24, 2.45) is 11.5 Å². The van der Waals surface area contributed by atoms with E-state index in [1.165, 1.54) is 11.1 Å². The van der Waals surface area contributed by atoms with Gasteiger partial charge in [0.15, 0.2) is 11.6 Å². The Morgan fingerprint density at radius 2 is 2.06 bits per heavy atom. The van der Waals surface area contributed by atoms with Crippen molar-refractivity contribution < 1.29 is 18.7 Å². The number of aromatic nitrogens is 2. The molecule has 2 atom stereocenters. The molecule has 1 aliphatic carbocycles. The minimum Gasteiger partial charge on any atom is -0.447 e. The first kappa shape index (κ1) is 20.8. The van der Waals surface area contributed by atoms with Crippen LogP contribution >= 0.6 is 0 Å². The summed E-state index contributed by atoms with van der Waals surface area (Å²) in [5.41, 5.74) is 12.0. The van der Waals surface area contributed by atoms with E-state index in [2.05, 4.69) is 20.6 Å². The van der Waals surface area contributed by atoms with Gasteiger partial charge in [-0.25, -0.2) is 19.2 Å². The van der Waals surface area contributed by atoms with Gasteiger partial charge in [-0.05, 0) is 31.0 Å². The quantitative estimate of drug-likeness (QED) is 0.545. The average Bonchev–Trinajstić information content (AvgIpc) is 3.18. The van der Waals surface area contributed by atoms with Crippen molar-refractivity contribution in [2.45, 2.75) is 37.8 Å². The maximum absolute atomic E-state index is 14.6. The maximum atomic E-state index is 14.6. The van der Waals surface area contributed by atoms with Crippen molar-refractivity contribution >= 4 is 35.1 Å². The second kappa shape index (κ2) is 8.72. The van der Waals surface area contributed by atoms with Crippen LogP contribution in [-0.4, -0.2) is 47.2 Å². The predicted octanol–water partition coefficient (Wildman–Crippen LogP) is 2.10. The van der Waals surface area contributed by atoms with Gasteiger partial charge in [0.1, 0.15) is 18.2 Å². The van der Waals surface area contributed by atoms with E-state index in [-0.39, 0.29) is 29.3 Å². The first-order valence-electron chi connectivity index (χ1n) is 10.1. The third-order valence-corrected chi connectivity index (χ3v) is 5.43. The number of anilines is 4. The lowest BCUT2D eigenvalue weighted by Crippen LogP contribution is -2.43. The van der Waals surface area contributed by atoms with E-state index < -0.39 is 17.8 Å². The average molecular weight is 429 g/mol. The summed E-state index contributed by atoms with van der Waals surface area (Å²) in [5.74, 6) is -0.976. The van der Waals surface area contributed by atoms with Crippen molar-refractivity contribution in [3.8, 4) is 0 Å². The van der Waals surface area contributed by atoms with Crippen LogP contribution in [0.4, 0.5) is 32.3 Å². The van der Waals surface area contributed by atoms with Crippen LogP contribution in [0.5, 0.6) is 0 Å². The molecule has 1 saturated heterocycles. The lowest BCUT2D eigenvalue weighted by atomic mass is 9.91. The van der Waals surface area contributed by atoms with Gasteiger partial charge in [-0.1, -0.05) is 12.8 Å². The molecule has 6 N–H and O–H groups in total. The lowest BCUT2D eigenvalue weighted by Gasteiger charge is -2.30. The summed E-state index contributed by atoms with van der Waals surface area (Å²) in [6.45, 7) is 0.727. The molecule has 0 radical (unpaired) electrons. The molecular weight excluding hydrogens is 405 g/mol. The molecule has 0 unspecified atom stereocenters. The number of rotatable bonds is 6. The van der Waals surface area contributed by atoms with Gasteiger partial charge in [0, 0.05) is 12.1 Å². The zero-order chi connectivity index (χ0) is 22.0. The summed E-state index contributed by atoms with van der Waals surface area (Å²) in [7, 11) is 0. The number of pyridine rings is 2. The third-order valence-electron chi connectivity index (χ3n) is 5.43. The summed E-state index contributed by atoms with van der Waals surface area (Å²) < 4.78 is 19.5. The second-order valence-electron chi connectivity index (χ2n) is 7.57. The predicted molar refractivity (Wildman–Crippen MR) is 113 cm³/mol. The highest BCUT2D eigenvalue weighted by Gasteiger charge is 2.26. The number of primary amides is 1.